The molecule has 0 aromatic carbocycles. The van der Waals surface area contributed by atoms with Crippen LogP contribution in [0, 0.1) is 11.8 Å². The van der Waals surface area contributed by atoms with Crippen LogP contribution in [0.15, 0.2) is 0 Å². The van der Waals surface area contributed by atoms with Crippen LogP contribution in [0.3, 0.4) is 0 Å². The van der Waals surface area contributed by atoms with Crippen LogP contribution in [0.5, 0.6) is 0 Å². The van der Waals surface area contributed by atoms with Crippen LogP contribution in [0.1, 0.15) is 19.8 Å². The lowest BCUT2D eigenvalue weighted by atomic mass is 9.87. The molecule has 0 unspecified atom stereocenters. The third kappa shape index (κ3) is 4.67. The first-order valence-corrected chi connectivity index (χ1v) is 7.52. The molecule has 0 aromatic rings. The predicted molar refractivity (Wildman–Crippen MR) is 79.6 cm³/mol. The molecule has 136 valence electrons. The molecule has 9 heteroatoms. The van der Waals surface area contributed by atoms with E-state index in [-0.39, 0.29) is 0 Å². The standard InChI is InChI=1S/C15H23NO8/c1-8(10(13(18)21-2)14(19)22-3)11(15(20)23-4)16-12(17)9-6-5-7-24-9/h8-11H,5-7H2,1-4H3,(H,16,17)/t8-,9-,11+/m0/s1. The molecule has 1 amide bonds. The summed E-state index contributed by atoms with van der Waals surface area (Å²) in [7, 11) is 3.37. The highest BCUT2D eigenvalue weighted by atomic mass is 16.5. The Morgan fingerprint density at radius 2 is 1.54 bits per heavy atom. The molecule has 9 nitrogen and oxygen atoms in total. The van der Waals surface area contributed by atoms with Gasteiger partial charge in [0.1, 0.15) is 12.1 Å². The molecule has 0 radical (unpaired) electrons. The second-order valence-corrected chi connectivity index (χ2v) is 5.39. The summed E-state index contributed by atoms with van der Waals surface area (Å²) in [6.45, 7) is 1.92. The normalized spacial score (nSPS) is 19.3. The van der Waals surface area contributed by atoms with Crippen LogP contribution < -0.4 is 5.32 Å². The quantitative estimate of drug-likeness (QED) is 0.370. The SMILES string of the molecule is COC(=O)C(C(=O)OC)[C@H](C)[C@@H](NC(=O)[C@@H]1CCCO1)C(=O)OC. The van der Waals surface area contributed by atoms with Gasteiger partial charge in [0, 0.05) is 12.5 Å². The minimum Gasteiger partial charge on any atom is -0.468 e. The Morgan fingerprint density at radius 1 is 1.00 bits per heavy atom. The fraction of sp³-hybridized carbons (Fsp3) is 0.733. The minimum absolute atomic E-state index is 0.462. The van der Waals surface area contributed by atoms with Gasteiger partial charge in [0.15, 0.2) is 5.92 Å². The summed E-state index contributed by atoms with van der Waals surface area (Å²) >= 11 is 0. The van der Waals surface area contributed by atoms with E-state index >= 15 is 0 Å². The van der Waals surface area contributed by atoms with Gasteiger partial charge in [0.25, 0.3) is 0 Å². The lowest BCUT2D eigenvalue weighted by molar-refractivity contribution is -0.163. The van der Waals surface area contributed by atoms with Gasteiger partial charge in [0.05, 0.1) is 21.3 Å². The summed E-state index contributed by atoms with van der Waals surface area (Å²) in [5, 5.41) is 2.49. The van der Waals surface area contributed by atoms with E-state index in [4.69, 9.17) is 4.74 Å². The van der Waals surface area contributed by atoms with Crippen molar-refractivity contribution < 1.29 is 38.1 Å². The summed E-state index contributed by atoms with van der Waals surface area (Å²) in [5.41, 5.74) is 0. The second-order valence-electron chi connectivity index (χ2n) is 5.39. The first kappa shape index (κ1) is 19.9. The Hall–Kier alpha value is -2.16. The van der Waals surface area contributed by atoms with Crippen LogP contribution >= 0.6 is 0 Å². The van der Waals surface area contributed by atoms with E-state index < -0.39 is 47.8 Å². The van der Waals surface area contributed by atoms with Crippen molar-refractivity contribution in [1.29, 1.82) is 0 Å². The zero-order valence-corrected chi connectivity index (χ0v) is 14.2. The highest BCUT2D eigenvalue weighted by Crippen LogP contribution is 2.21. The molecule has 0 bridgehead atoms. The number of hydrogen-bond donors (Lipinski definition) is 1. The van der Waals surface area contributed by atoms with Gasteiger partial charge >= 0.3 is 17.9 Å². The molecule has 24 heavy (non-hydrogen) atoms. The Morgan fingerprint density at radius 3 is 1.96 bits per heavy atom. The average Bonchev–Trinajstić information content (AvgIpc) is 3.12. The molecule has 1 fully saturated rings. The molecule has 1 heterocycles. The zero-order valence-electron chi connectivity index (χ0n) is 14.2. The molecule has 0 aliphatic carbocycles. The number of methoxy groups -OCH3 is 3. The minimum atomic E-state index is -1.38. The van der Waals surface area contributed by atoms with Gasteiger partial charge in [-0.2, -0.15) is 0 Å². The summed E-state index contributed by atoms with van der Waals surface area (Å²) in [4.78, 5) is 48.1. The topological polar surface area (TPSA) is 117 Å². The van der Waals surface area contributed by atoms with Crippen molar-refractivity contribution in [3.63, 3.8) is 0 Å². The van der Waals surface area contributed by atoms with Crippen LogP contribution in [0.25, 0.3) is 0 Å². The number of hydrogen-bond acceptors (Lipinski definition) is 8. The summed E-state index contributed by atoms with van der Waals surface area (Å²) < 4.78 is 19.1. The van der Waals surface area contributed by atoms with Crippen LogP contribution in [-0.4, -0.2) is 63.9 Å². The van der Waals surface area contributed by atoms with Crippen molar-refractivity contribution in [3.05, 3.63) is 0 Å². The Bertz CT molecular complexity index is 470. The van der Waals surface area contributed by atoms with Gasteiger partial charge in [-0.25, -0.2) is 4.79 Å². The third-order valence-electron chi connectivity index (χ3n) is 3.94. The molecule has 0 saturated carbocycles. The predicted octanol–water partition coefficient (Wildman–Crippen LogP) is -0.578. The molecule has 0 aromatic heterocycles. The van der Waals surface area contributed by atoms with Crippen molar-refractivity contribution in [2.45, 2.75) is 31.9 Å². The van der Waals surface area contributed by atoms with Crippen molar-refractivity contribution in [3.8, 4) is 0 Å². The Labute approximate surface area is 139 Å². The Kier molecular flexibility index (Phi) is 7.63. The summed E-state index contributed by atoms with van der Waals surface area (Å²) in [5.74, 6) is -5.34. The Balaban J connectivity index is 2.98. The number of esters is 3. The van der Waals surface area contributed by atoms with Crippen LogP contribution in [0.2, 0.25) is 0 Å². The molecule has 1 N–H and O–H groups in total. The molecular formula is C15H23NO8. The van der Waals surface area contributed by atoms with Gasteiger partial charge < -0.3 is 24.3 Å². The fourth-order valence-electron chi connectivity index (χ4n) is 2.53. The average molecular weight is 345 g/mol. The van der Waals surface area contributed by atoms with E-state index in [9.17, 15) is 19.2 Å². The van der Waals surface area contributed by atoms with Gasteiger partial charge in [0.2, 0.25) is 5.91 Å². The number of amides is 1. The van der Waals surface area contributed by atoms with E-state index in [1.165, 1.54) is 6.92 Å². The highest BCUT2D eigenvalue weighted by Gasteiger charge is 2.43. The van der Waals surface area contributed by atoms with Gasteiger partial charge in [-0.05, 0) is 12.8 Å². The van der Waals surface area contributed by atoms with E-state index in [0.29, 0.717) is 13.0 Å². The number of ether oxygens (including phenoxy) is 4. The fourth-order valence-corrected chi connectivity index (χ4v) is 2.53. The first-order chi connectivity index (χ1) is 11.4. The molecule has 1 rings (SSSR count). The van der Waals surface area contributed by atoms with E-state index in [1.54, 1.807) is 0 Å². The zero-order chi connectivity index (χ0) is 18.3. The maximum atomic E-state index is 12.2. The lowest BCUT2D eigenvalue weighted by Crippen LogP contribution is -2.53. The van der Waals surface area contributed by atoms with E-state index in [0.717, 1.165) is 27.8 Å². The van der Waals surface area contributed by atoms with E-state index in [2.05, 4.69) is 19.5 Å². The first-order valence-electron chi connectivity index (χ1n) is 7.52. The molecule has 0 spiro atoms. The maximum Gasteiger partial charge on any atom is 0.328 e. The smallest absolute Gasteiger partial charge is 0.328 e. The van der Waals surface area contributed by atoms with Crippen LogP contribution in [0.4, 0.5) is 0 Å². The number of carbonyl (C=O) groups is 4. The third-order valence-corrected chi connectivity index (χ3v) is 3.94. The second kappa shape index (κ2) is 9.21. The van der Waals surface area contributed by atoms with Crippen LogP contribution in [-0.2, 0) is 38.1 Å². The number of rotatable bonds is 7. The molecule has 1 saturated heterocycles. The maximum absolute atomic E-state index is 12.2. The summed E-state index contributed by atoms with van der Waals surface area (Å²) in [6, 6.07) is -1.23. The van der Waals surface area contributed by atoms with Crippen molar-refractivity contribution in [2.75, 3.05) is 27.9 Å². The van der Waals surface area contributed by atoms with Crippen molar-refractivity contribution in [2.24, 2.45) is 11.8 Å². The number of nitrogens with one attached hydrogen (secondary N) is 1. The van der Waals surface area contributed by atoms with Gasteiger partial charge in [-0.15, -0.1) is 0 Å². The lowest BCUT2D eigenvalue weighted by Gasteiger charge is -2.27. The van der Waals surface area contributed by atoms with E-state index in [1.807, 2.05) is 0 Å². The van der Waals surface area contributed by atoms with Gasteiger partial charge in [-0.1, -0.05) is 6.92 Å². The van der Waals surface area contributed by atoms with Crippen molar-refractivity contribution >= 4 is 23.8 Å². The number of carbonyl (C=O) groups excluding carboxylic acids is 4. The summed E-state index contributed by atoms with van der Waals surface area (Å²) in [6.07, 6.45) is 0.605. The molecule has 1 aliphatic heterocycles. The largest absolute Gasteiger partial charge is 0.468 e. The molecular weight excluding hydrogens is 322 g/mol. The highest BCUT2D eigenvalue weighted by molar-refractivity contribution is 5.96. The van der Waals surface area contributed by atoms with Crippen molar-refractivity contribution in [1.82, 2.24) is 5.32 Å². The molecule has 3 atom stereocenters. The molecule has 1 aliphatic rings. The monoisotopic (exact) mass is 345 g/mol. The van der Waals surface area contributed by atoms with Gasteiger partial charge in [-0.3, -0.25) is 14.4 Å².